The molecule has 1 N–H and O–H groups in total. The van der Waals surface area contributed by atoms with Gasteiger partial charge >= 0.3 is 0 Å². The van der Waals surface area contributed by atoms with E-state index in [2.05, 4.69) is 38.0 Å². The van der Waals surface area contributed by atoms with E-state index in [1.807, 2.05) is 18.2 Å². The number of nitrogens with one attached hydrogen (secondary N) is 1. The first-order valence-electron chi connectivity index (χ1n) is 6.20. The fraction of sp³-hybridized carbons (Fsp3) is 0.286. The molecule has 98 valence electrons. The number of hydrogen-bond donors (Lipinski definition) is 1. The summed E-state index contributed by atoms with van der Waals surface area (Å²) in [4.78, 5) is 9.06. The number of aromatic nitrogens is 2. The van der Waals surface area contributed by atoms with E-state index >= 15 is 0 Å². The summed E-state index contributed by atoms with van der Waals surface area (Å²) in [6, 6.07) is 10.2. The number of thioether (sulfide) groups is 1. The molecule has 1 aromatic heterocycles. The van der Waals surface area contributed by atoms with Gasteiger partial charge in [0.1, 0.15) is 10.5 Å². The minimum Gasteiger partial charge on any atom is -0.346 e. The van der Waals surface area contributed by atoms with Gasteiger partial charge in [-0.3, -0.25) is 0 Å². The Labute approximate surface area is 130 Å². The summed E-state index contributed by atoms with van der Waals surface area (Å²) in [5.41, 5.74) is 1.25. The lowest BCUT2D eigenvalue weighted by Gasteiger charge is -2.06. The van der Waals surface area contributed by atoms with Gasteiger partial charge in [-0.2, -0.15) is 0 Å². The van der Waals surface area contributed by atoms with Crippen molar-refractivity contribution in [2.75, 3.05) is 0 Å². The van der Waals surface area contributed by atoms with E-state index in [4.69, 9.17) is 12.2 Å². The van der Waals surface area contributed by atoms with Crippen LogP contribution in [0.15, 0.2) is 39.7 Å². The SMILES string of the molecule is S=c1cc(C2CC2)[nH]c(CSc2ccccc2Br)n1. The molecule has 0 aliphatic heterocycles. The minimum atomic E-state index is 0.678. The molecule has 19 heavy (non-hydrogen) atoms. The quantitative estimate of drug-likeness (QED) is 0.614. The second-order valence-electron chi connectivity index (χ2n) is 4.61. The molecule has 0 atom stereocenters. The summed E-state index contributed by atoms with van der Waals surface area (Å²) in [5, 5.41) is 0. The highest BCUT2D eigenvalue weighted by Gasteiger charge is 2.24. The summed E-state index contributed by atoms with van der Waals surface area (Å²) in [6.07, 6.45) is 2.54. The molecular formula is C14H13BrN2S2. The van der Waals surface area contributed by atoms with Crippen LogP contribution in [0.25, 0.3) is 0 Å². The van der Waals surface area contributed by atoms with Crippen molar-refractivity contribution in [2.45, 2.75) is 29.4 Å². The Balaban J connectivity index is 1.76. The van der Waals surface area contributed by atoms with Gasteiger partial charge in [0.05, 0.1) is 5.75 Å². The van der Waals surface area contributed by atoms with Crippen molar-refractivity contribution in [3.05, 3.63) is 51.0 Å². The van der Waals surface area contributed by atoms with E-state index < -0.39 is 0 Å². The number of halogens is 1. The Morgan fingerprint density at radius 1 is 1.37 bits per heavy atom. The number of H-pyrrole nitrogens is 1. The first-order valence-corrected chi connectivity index (χ1v) is 8.38. The molecule has 0 unspecified atom stereocenters. The van der Waals surface area contributed by atoms with Crippen molar-refractivity contribution in [3.63, 3.8) is 0 Å². The summed E-state index contributed by atoms with van der Waals surface area (Å²) < 4.78 is 1.82. The summed E-state index contributed by atoms with van der Waals surface area (Å²) in [7, 11) is 0. The van der Waals surface area contributed by atoms with Crippen LogP contribution in [0.3, 0.4) is 0 Å². The zero-order valence-corrected chi connectivity index (χ0v) is 13.4. The molecule has 2 aromatic rings. The van der Waals surface area contributed by atoms with Crippen molar-refractivity contribution in [3.8, 4) is 0 Å². The van der Waals surface area contributed by atoms with Crippen molar-refractivity contribution in [1.82, 2.24) is 9.97 Å². The number of hydrogen-bond acceptors (Lipinski definition) is 3. The van der Waals surface area contributed by atoms with Crippen molar-refractivity contribution in [2.24, 2.45) is 0 Å². The Hall–Kier alpha value is -0.650. The smallest absolute Gasteiger partial charge is 0.130 e. The summed E-state index contributed by atoms with van der Waals surface area (Å²) >= 11 is 10.6. The topological polar surface area (TPSA) is 28.7 Å². The van der Waals surface area contributed by atoms with Gasteiger partial charge in [-0.1, -0.05) is 24.4 Å². The van der Waals surface area contributed by atoms with Crippen LogP contribution in [0.5, 0.6) is 0 Å². The number of benzene rings is 1. The predicted octanol–water partition coefficient (Wildman–Crippen LogP) is 5.07. The molecule has 1 aromatic carbocycles. The number of aromatic amines is 1. The third-order valence-corrected chi connectivity index (χ3v) is 5.28. The molecule has 0 saturated heterocycles. The van der Waals surface area contributed by atoms with E-state index in [0.717, 1.165) is 16.0 Å². The van der Waals surface area contributed by atoms with Gasteiger partial charge in [-0.15, -0.1) is 11.8 Å². The van der Waals surface area contributed by atoms with E-state index in [-0.39, 0.29) is 0 Å². The normalized spacial score (nSPS) is 14.6. The van der Waals surface area contributed by atoms with Crippen LogP contribution >= 0.6 is 39.9 Å². The van der Waals surface area contributed by atoms with Gasteiger partial charge in [0, 0.05) is 15.1 Å². The largest absolute Gasteiger partial charge is 0.346 e. The molecule has 0 bridgehead atoms. The van der Waals surface area contributed by atoms with Gasteiger partial charge in [0.25, 0.3) is 0 Å². The first kappa shape index (κ1) is 13.3. The maximum absolute atomic E-state index is 5.24. The zero-order chi connectivity index (χ0) is 13.2. The Morgan fingerprint density at radius 2 is 2.16 bits per heavy atom. The molecule has 2 nitrogen and oxygen atoms in total. The fourth-order valence-electron chi connectivity index (χ4n) is 1.92. The van der Waals surface area contributed by atoms with Gasteiger partial charge < -0.3 is 4.98 Å². The monoisotopic (exact) mass is 352 g/mol. The predicted molar refractivity (Wildman–Crippen MR) is 85.1 cm³/mol. The zero-order valence-electron chi connectivity index (χ0n) is 10.2. The van der Waals surface area contributed by atoms with Gasteiger partial charge in [0.2, 0.25) is 0 Å². The highest BCUT2D eigenvalue weighted by atomic mass is 79.9. The number of rotatable bonds is 4. The maximum Gasteiger partial charge on any atom is 0.130 e. The van der Waals surface area contributed by atoms with Gasteiger partial charge in [-0.05, 0) is 52.9 Å². The lowest BCUT2D eigenvalue weighted by atomic mass is 10.3. The van der Waals surface area contributed by atoms with Crippen LogP contribution in [0.4, 0.5) is 0 Å². The molecule has 1 fully saturated rings. The highest BCUT2D eigenvalue weighted by Crippen LogP contribution is 2.39. The van der Waals surface area contributed by atoms with E-state index in [0.29, 0.717) is 10.6 Å². The molecule has 1 aliphatic rings. The minimum absolute atomic E-state index is 0.678. The Kier molecular flexibility index (Phi) is 4.05. The van der Waals surface area contributed by atoms with Crippen LogP contribution in [-0.4, -0.2) is 9.97 Å². The number of nitrogens with zero attached hydrogens (tertiary/aromatic N) is 1. The molecule has 1 heterocycles. The van der Waals surface area contributed by atoms with E-state index in [1.165, 1.54) is 23.4 Å². The standard InChI is InChI=1S/C14H13BrN2S2/c15-10-3-1-2-4-12(10)19-8-13-16-11(9-5-6-9)7-14(18)17-13/h1-4,7,9H,5-6,8H2,(H,16,17,18). The average Bonchev–Trinajstić information content (AvgIpc) is 3.21. The first-order chi connectivity index (χ1) is 9.22. The van der Waals surface area contributed by atoms with Gasteiger partial charge in [0.15, 0.2) is 0 Å². The third kappa shape index (κ3) is 3.46. The van der Waals surface area contributed by atoms with E-state index in [9.17, 15) is 0 Å². The lowest BCUT2D eigenvalue weighted by molar-refractivity contribution is 0.925. The Bertz CT molecular complexity index is 650. The van der Waals surface area contributed by atoms with E-state index in [1.54, 1.807) is 11.8 Å². The molecule has 0 radical (unpaired) electrons. The Morgan fingerprint density at radius 3 is 2.89 bits per heavy atom. The molecule has 3 rings (SSSR count). The summed E-state index contributed by atoms with van der Waals surface area (Å²) in [6.45, 7) is 0. The second-order valence-corrected chi connectivity index (χ2v) is 6.90. The lowest BCUT2D eigenvalue weighted by Crippen LogP contribution is -1.97. The molecule has 1 saturated carbocycles. The highest BCUT2D eigenvalue weighted by molar-refractivity contribution is 9.10. The second kappa shape index (κ2) is 5.77. The third-order valence-electron chi connectivity index (χ3n) is 3.03. The fourth-order valence-corrected chi connectivity index (χ4v) is 3.59. The molecule has 0 amide bonds. The van der Waals surface area contributed by atoms with Crippen LogP contribution in [0.1, 0.15) is 30.3 Å². The molecule has 5 heteroatoms. The van der Waals surface area contributed by atoms with Crippen molar-refractivity contribution < 1.29 is 0 Å². The van der Waals surface area contributed by atoms with Crippen molar-refractivity contribution in [1.29, 1.82) is 0 Å². The average molecular weight is 353 g/mol. The van der Waals surface area contributed by atoms with Crippen LogP contribution in [0.2, 0.25) is 0 Å². The van der Waals surface area contributed by atoms with Crippen LogP contribution in [-0.2, 0) is 5.75 Å². The maximum atomic E-state index is 5.24. The van der Waals surface area contributed by atoms with Crippen molar-refractivity contribution >= 4 is 39.9 Å². The molecule has 1 aliphatic carbocycles. The molecular weight excluding hydrogens is 340 g/mol. The van der Waals surface area contributed by atoms with Crippen LogP contribution in [0, 0.1) is 4.64 Å². The van der Waals surface area contributed by atoms with Gasteiger partial charge in [-0.25, -0.2) is 4.98 Å². The summed E-state index contributed by atoms with van der Waals surface area (Å²) in [5.74, 6) is 2.46. The molecule has 0 spiro atoms. The van der Waals surface area contributed by atoms with Crippen LogP contribution < -0.4 is 0 Å².